The van der Waals surface area contributed by atoms with E-state index in [0.717, 1.165) is 54.1 Å². The predicted molar refractivity (Wildman–Crippen MR) is 166 cm³/mol. The summed E-state index contributed by atoms with van der Waals surface area (Å²) in [7, 11) is 0. The number of aromatic carboxylic acids is 1. The maximum atomic E-state index is 11.4. The second kappa shape index (κ2) is 13.2. The van der Waals surface area contributed by atoms with Crippen LogP contribution in [-0.4, -0.2) is 25.5 Å². The van der Waals surface area contributed by atoms with Crippen LogP contribution in [0, 0.1) is 6.92 Å². The van der Waals surface area contributed by atoms with Gasteiger partial charge in [-0.1, -0.05) is 110 Å². The number of benzene rings is 4. The fourth-order valence-corrected chi connectivity index (χ4v) is 5.29. The molecule has 4 aromatic carbocycles. The van der Waals surface area contributed by atoms with E-state index in [1.165, 1.54) is 16.8 Å². The van der Waals surface area contributed by atoms with Crippen LogP contribution in [0.1, 0.15) is 52.5 Å². The maximum Gasteiger partial charge on any atom is 0.335 e. The molecule has 0 fully saturated rings. The van der Waals surface area contributed by atoms with Crippen LogP contribution in [0.2, 0.25) is 0 Å². The molecular formula is C36H37N3O2. The number of carbonyl (C=O) groups is 1. The Labute approximate surface area is 242 Å². The molecule has 0 amide bonds. The second-order valence-corrected chi connectivity index (χ2v) is 10.5. The van der Waals surface area contributed by atoms with Crippen molar-refractivity contribution < 1.29 is 9.90 Å². The molecule has 0 atom stereocenters. The van der Waals surface area contributed by atoms with E-state index >= 15 is 0 Å². The van der Waals surface area contributed by atoms with Crippen LogP contribution in [0.5, 0.6) is 0 Å². The Morgan fingerprint density at radius 1 is 0.780 bits per heavy atom. The molecule has 1 N–H and O–H groups in total. The zero-order chi connectivity index (χ0) is 28.6. The summed E-state index contributed by atoms with van der Waals surface area (Å²) in [5, 5.41) is 9.38. The first-order valence-electron chi connectivity index (χ1n) is 14.3. The van der Waals surface area contributed by atoms with E-state index < -0.39 is 5.97 Å². The number of nitrogens with zero attached hydrogens (tertiary/aromatic N) is 3. The van der Waals surface area contributed by atoms with Crippen molar-refractivity contribution >= 4 is 5.97 Å². The quantitative estimate of drug-likeness (QED) is 0.172. The third-order valence-electron chi connectivity index (χ3n) is 7.47. The molecule has 41 heavy (non-hydrogen) atoms. The number of imidazole rings is 1. The number of rotatable bonds is 12. The highest BCUT2D eigenvalue weighted by atomic mass is 16.4. The lowest BCUT2D eigenvalue weighted by molar-refractivity contribution is 0.0697. The molecule has 5 heteroatoms. The van der Waals surface area contributed by atoms with Gasteiger partial charge >= 0.3 is 5.97 Å². The Kier molecular flexibility index (Phi) is 9.07. The molecule has 0 radical (unpaired) electrons. The average molecular weight is 544 g/mol. The van der Waals surface area contributed by atoms with Crippen LogP contribution in [0.4, 0.5) is 0 Å². The highest BCUT2D eigenvalue weighted by Gasteiger charge is 2.23. The van der Waals surface area contributed by atoms with Crippen molar-refractivity contribution in [2.75, 3.05) is 0 Å². The van der Waals surface area contributed by atoms with Gasteiger partial charge in [0.25, 0.3) is 0 Å². The second-order valence-electron chi connectivity index (χ2n) is 10.5. The smallest absolute Gasteiger partial charge is 0.335 e. The lowest BCUT2D eigenvalue weighted by Crippen LogP contribution is -2.24. The van der Waals surface area contributed by atoms with Gasteiger partial charge in [0.1, 0.15) is 5.82 Å². The first-order valence-corrected chi connectivity index (χ1v) is 14.3. The van der Waals surface area contributed by atoms with Gasteiger partial charge in [-0.15, -0.1) is 0 Å². The lowest BCUT2D eigenvalue weighted by Gasteiger charge is -2.25. The fraction of sp³-hybridized carbons (Fsp3) is 0.222. The van der Waals surface area contributed by atoms with Gasteiger partial charge in [-0.05, 0) is 42.2 Å². The summed E-state index contributed by atoms with van der Waals surface area (Å²) in [4.78, 5) is 19.2. The largest absolute Gasteiger partial charge is 0.478 e. The van der Waals surface area contributed by atoms with Crippen molar-refractivity contribution in [3.8, 4) is 22.6 Å². The molecule has 0 saturated heterocycles. The van der Waals surface area contributed by atoms with Gasteiger partial charge in [0, 0.05) is 37.3 Å². The number of unbranched alkanes of at least 4 members (excludes halogenated alkanes) is 1. The van der Waals surface area contributed by atoms with Crippen LogP contribution in [0.15, 0.2) is 109 Å². The zero-order valence-electron chi connectivity index (χ0n) is 23.8. The summed E-state index contributed by atoms with van der Waals surface area (Å²) < 4.78 is 2.43. The van der Waals surface area contributed by atoms with Gasteiger partial charge in [0.05, 0.1) is 17.0 Å². The first-order chi connectivity index (χ1) is 20.0. The molecule has 0 spiro atoms. The normalized spacial score (nSPS) is 11.2. The van der Waals surface area contributed by atoms with Crippen LogP contribution in [0.25, 0.3) is 22.6 Å². The molecular weight excluding hydrogens is 506 g/mol. The van der Waals surface area contributed by atoms with Gasteiger partial charge < -0.3 is 9.67 Å². The maximum absolute atomic E-state index is 11.4. The number of aryl methyl sites for hydroxylation is 1. The third kappa shape index (κ3) is 6.82. The standard InChI is InChI=1S/C36H37N3O2/c1-3-4-23-39-33(34(30-16-9-6-10-17-30)37-35(39)32-18-12-11-13-27(32)2)26-38(24-28-14-7-5-8-15-28)25-29-19-21-31(22-20-29)36(40)41/h5-22H,3-4,23-26H2,1-2H3,(H,40,41). The van der Waals surface area contributed by atoms with Crippen molar-refractivity contribution in [3.05, 3.63) is 137 Å². The van der Waals surface area contributed by atoms with Crippen molar-refractivity contribution in [2.24, 2.45) is 0 Å². The van der Waals surface area contributed by atoms with Crippen LogP contribution >= 0.6 is 0 Å². The van der Waals surface area contributed by atoms with E-state index in [0.29, 0.717) is 18.7 Å². The van der Waals surface area contributed by atoms with Crippen molar-refractivity contribution in [1.29, 1.82) is 0 Å². The fourth-order valence-electron chi connectivity index (χ4n) is 5.29. The number of carboxylic acid groups (broad SMARTS) is 1. The minimum absolute atomic E-state index is 0.301. The molecule has 1 aromatic heterocycles. The van der Waals surface area contributed by atoms with Gasteiger partial charge in [0.2, 0.25) is 0 Å². The van der Waals surface area contributed by atoms with Crippen molar-refractivity contribution in [2.45, 2.75) is 52.9 Å². The summed E-state index contributed by atoms with van der Waals surface area (Å²) in [6, 6.07) is 36.7. The Bertz CT molecular complexity index is 1570. The summed E-state index contributed by atoms with van der Waals surface area (Å²) in [6.45, 7) is 7.41. The van der Waals surface area contributed by atoms with E-state index in [2.05, 4.69) is 96.1 Å². The summed E-state index contributed by atoms with van der Waals surface area (Å²) >= 11 is 0. The Morgan fingerprint density at radius 3 is 2.02 bits per heavy atom. The average Bonchev–Trinajstić information content (AvgIpc) is 3.35. The van der Waals surface area contributed by atoms with E-state index in [9.17, 15) is 9.90 Å². The van der Waals surface area contributed by atoms with E-state index in [-0.39, 0.29) is 0 Å². The third-order valence-corrected chi connectivity index (χ3v) is 7.47. The number of carboxylic acids is 1. The highest BCUT2D eigenvalue weighted by molar-refractivity contribution is 5.87. The number of hydrogen-bond acceptors (Lipinski definition) is 3. The lowest BCUT2D eigenvalue weighted by atomic mass is 10.1. The summed E-state index contributed by atoms with van der Waals surface area (Å²) in [5.41, 5.74) is 8.29. The summed E-state index contributed by atoms with van der Waals surface area (Å²) in [6.07, 6.45) is 2.15. The van der Waals surface area contributed by atoms with E-state index in [1.807, 2.05) is 24.3 Å². The van der Waals surface area contributed by atoms with Gasteiger partial charge in [-0.25, -0.2) is 9.78 Å². The summed E-state index contributed by atoms with van der Waals surface area (Å²) in [5.74, 6) is 0.102. The number of aromatic nitrogens is 2. The van der Waals surface area contributed by atoms with Crippen molar-refractivity contribution in [1.82, 2.24) is 14.5 Å². The molecule has 0 saturated carbocycles. The predicted octanol–water partition coefficient (Wildman–Crippen LogP) is 8.23. The molecule has 0 aliphatic carbocycles. The Morgan fingerprint density at radius 2 is 1.39 bits per heavy atom. The molecule has 5 aromatic rings. The topological polar surface area (TPSA) is 58.4 Å². The van der Waals surface area contributed by atoms with E-state index in [1.54, 1.807) is 12.1 Å². The molecule has 208 valence electrons. The van der Waals surface area contributed by atoms with Crippen LogP contribution in [-0.2, 0) is 26.2 Å². The monoisotopic (exact) mass is 543 g/mol. The molecule has 1 heterocycles. The highest BCUT2D eigenvalue weighted by Crippen LogP contribution is 2.33. The molecule has 0 bridgehead atoms. The zero-order valence-corrected chi connectivity index (χ0v) is 23.8. The Balaban J connectivity index is 1.61. The SMILES string of the molecule is CCCCn1c(-c2ccccc2C)nc(-c2ccccc2)c1CN(Cc1ccccc1)Cc1ccc(C(=O)O)cc1. The van der Waals surface area contributed by atoms with E-state index in [4.69, 9.17) is 4.98 Å². The first kappa shape index (κ1) is 28.1. The van der Waals surface area contributed by atoms with Gasteiger partial charge in [0.15, 0.2) is 0 Å². The van der Waals surface area contributed by atoms with Crippen LogP contribution < -0.4 is 0 Å². The minimum Gasteiger partial charge on any atom is -0.478 e. The molecule has 0 aliphatic rings. The van der Waals surface area contributed by atoms with Crippen molar-refractivity contribution in [3.63, 3.8) is 0 Å². The molecule has 5 nitrogen and oxygen atoms in total. The molecule has 0 unspecified atom stereocenters. The molecule has 0 aliphatic heterocycles. The van der Waals surface area contributed by atoms with Gasteiger partial charge in [-0.2, -0.15) is 0 Å². The molecule has 5 rings (SSSR count). The Hall–Kier alpha value is -4.48. The minimum atomic E-state index is -0.909. The van der Waals surface area contributed by atoms with Gasteiger partial charge in [-0.3, -0.25) is 4.90 Å². The number of hydrogen-bond donors (Lipinski definition) is 1. The van der Waals surface area contributed by atoms with Crippen LogP contribution in [0.3, 0.4) is 0 Å².